The lowest BCUT2D eigenvalue weighted by Gasteiger charge is -2.32. The van der Waals surface area contributed by atoms with Gasteiger partial charge in [0.2, 0.25) is 0 Å². The third-order valence-electron chi connectivity index (χ3n) is 8.09. The van der Waals surface area contributed by atoms with Gasteiger partial charge in [-0.15, -0.1) is 0 Å². The van der Waals surface area contributed by atoms with Crippen molar-refractivity contribution >= 4 is 55.0 Å². The first-order valence-corrected chi connectivity index (χ1v) is 16.1. The molecule has 1 atom stereocenters. The monoisotopic (exact) mass is 660 g/mol. The number of nitrogens with one attached hydrogen (secondary N) is 2. The van der Waals surface area contributed by atoms with Gasteiger partial charge in [-0.3, -0.25) is 9.29 Å². The number of imidazole rings is 1. The maximum atomic E-state index is 15.7. The summed E-state index contributed by atoms with van der Waals surface area (Å²) in [5.41, 5.74) is 1.53. The van der Waals surface area contributed by atoms with Crippen molar-refractivity contribution in [2.24, 2.45) is 0 Å². The predicted molar refractivity (Wildman–Crippen MR) is 171 cm³/mol. The molecule has 4 heterocycles. The molecule has 1 saturated heterocycles. The third-order valence-corrected chi connectivity index (χ3v) is 9.60. The van der Waals surface area contributed by atoms with Gasteiger partial charge in [-0.1, -0.05) is 12.1 Å². The average Bonchev–Trinajstić information content (AvgIpc) is 3.50. The van der Waals surface area contributed by atoms with E-state index >= 15 is 8.78 Å². The number of anilines is 4. The fraction of sp³-hybridized carbons (Fsp3) is 0.188. The minimum absolute atomic E-state index is 0.0388. The SMILES string of the molecule is Cc1c(F)cccc1S(=O)(=O)Nc1ccc(F)c(Nc2ncnc3ccc(-n4cnc5c(N6CCC[C@H](O)C6)cccc54)nc23)c1F. The summed E-state index contributed by atoms with van der Waals surface area (Å²) < 4.78 is 74.7. The van der Waals surface area contributed by atoms with Crippen molar-refractivity contribution in [2.75, 3.05) is 28.0 Å². The molecule has 7 rings (SSSR count). The Morgan fingerprint density at radius 1 is 0.936 bits per heavy atom. The van der Waals surface area contributed by atoms with Gasteiger partial charge in [0.25, 0.3) is 10.0 Å². The molecule has 0 radical (unpaired) electrons. The van der Waals surface area contributed by atoms with Gasteiger partial charge in [-0.05, 0) is 68.3 Å². The number of hydrogen-bond donors (Lipinski definition) is 3. The molecule has 0 spiro atoms. The van der Waals surface area contributed by atoms with Gasteiger partial charge in [-0.25, -0.2) is 41.5 Å². The maximum absolute atomic E-state index is 15.7. The normalized spacial score (nSPS) is 15.3. The van der Waals surface area contributed by atoms with Crippen LogP contribution in [0.1, 0.15) is 18.4 Å². The molecule has 0 saturated carbocycles. The van der Waals surface area contributed by atoms with E-state index in [1.807, 2.05) is 18.2 Å². The van der Waals surface area contributed by atoms with E-state index in [9.17, 15) is 17.9 Å². The molecule has 1 aliphatic heterocycles. The van der Waals surface area contributed by atoms with Gasteiger partial charge in [0.1, 0.15) is 46.8 Å². The smallest absolute Gasteiger partial charge is 0.262 e. The molecule has 1 aliphatic rings. The minimum Gasteiger partial charge on any atom is -0.391 e. The van der Waals surface area contributed by atoms with Crippen LogP contribution in [0, 0.1) is 24.4 Å². The highest BCUT2D eigenvalue weighted by atomic mass is 32.2. The summed E-state index contributed by atoms with van der Waals surface area (Å²) in [5.74, 6) is -2.62. The molecule has 3 aromatic heterocycles. The van der Waals surface area contributed by atoms with Gasteiger partial charge < -0.3 is 15.3 Å². The number of sulfonamides is 1. The zero-order valence-corrected chi connectivity index (χ0v) is 25.6. The van der Waals surface area contributed by atoms with Crippen LogP contribution in [0.4, 0.5) is 36.1 Å². The standard InChI is InChI=1S/C32H27F3N8O3S/c1-18-20(33)6-2-9-26(18)47(45,46)41-22-11-10-21(34)29(28(22)35)40-32-30-23(36-16-37-32)12-13-27(39-30)43-17-38-31-24(7-3-8-25(31)43)42-14-4-5-19(44)15-42/h2-3,6-13,16-17,19,41,44H,4-5,14-15H2,1H3,(H,36,37,40)/t19-/m0/s1. The number of fused-ring (bicyclic) bond motifs is 2. The summed E-state index contributed by atoms with van der Waals surface area (Å²) in [6.07, 6.45) is 4.02. The number of nitrogens with zero attached hydrogens (tertiary/aromatic N) is 6. The number of aromatic nitrogens is 5. The molecule has 11 nitrogen and oxygen atoms in total. The van der Waals surface area contributed by atoms with Crippen LogP contribution in [0.5, 0.6) is 0 Å². The van der Waals surface area contributed by atoms with E-state index in [1.165, 1.54) is 25.4 Å². The molecule has 15 heteroatoms. The highest BCUT2D eigenvalue weighted by Crippen LogP contribution is 2.33. The van der Waals surface area contributed by atoms with E-state index in [2.05, 4.69) is 29.9 Å². The first-order chi connectivity index (χ1) is 22.6. The number of para-hydroxylation sites is 1. The third kappa shape index (κ3) is 5.57. The van der Waals surface area contributed by atoms with Crippen molar-refractivity contribution < 1.29 is 26.7 Å². The van der Waals surface area contributed by atoms with E-state index < -0.39 is 45.0 Å². The number of β-amino-alcohol motifs (C(OH)–C–C–N with tert-alkyl or cyclic N) is 1. The first-order valence-electron chi connectivity index (χ1n) is 14.6. The summed E-state index contributed by atoms with van der Waals surface area (Å²) in [7, 11) is -4.43. The Balaban J connectivity index is 1.24. The lowest BCUT2D eigenvalue weighted by Crippen LogP contribution is -2.38. The highest BCUT2D eigenvalue weighted by Gasteiger charge is 2.24. The molecule has 47 heavy (non-hydrogen) atoms. The van der Waals surface area contributed by atoms with Gasteiger partial charge in [0, 0.05) is 18.7 Å². The Hall–Kier alpha value is -5.28. The highest BCUT2D eigenvalue weighted by molar-refractivity contribution is 7.92. The number of rotatable bonds is 7. The summed E-state index contributed by atoms with van der Waals surface area (Å²) in [4.78, 5) is 19.5. The number of hydrogen-bond acceptors (Lipinski definition) is 9. The van der Waals surface area contributed by atoms with Gasteiger partial charge in [-0.2, -0.15) is 0 Å². The Morgan fingerprint density at radius 3 is 2.60 bits per heavy atom. The largest absolute Gasteiger partial charge is 0.391 e. The Morgan fingerprint density at radius 2 is 1.77 bits per heavy atom. The number of benzene rings is 3. The van der Waals surface area contributed by atoms with E-state index in [1.54, 1.807) is 23.0 Å². The second kappa shape index (κ2) is 11.8. The predicted octanol–water partition coefficient (Wildman–Crippen LogP) is 5.59. The van der Waals surface area contributed by atoms with E-state index in [-0.39, 0.29) is 21.8 Å². The van der Waals surface area contributed by atoms with Crippen LogP contribution in [0.25, 0.3) is 27.9 Å². The number of pyridine rings is 1. The van der Waals surface area contributed by atoms with Crippen molar-refractivity contribution in [1.82, 2.24) is 24.5 Å². The van der Waals surface area contributed by atoms with Crippen LogP contribution in [-0.2, 0) is 10.0 Å². The topological polar surface area (TPSA) is 138 Å². The average molecular weight is 661 g/mol. The van der Waals surface area contributed by atoms with Gasteiger partial charge in [0.15, 0.2) is 11.6 Å². The quantitative estimate of drug-likeness (QED) is 0.200. The summed E-state index contributed by atoms with van der Waals surface area (Å²) in [5, 5.41) is 12.8. The van der Waals surface area contributed by atoms with Crippen molar-refractivity contribution in [3.8, 4) is 5.82 Å². The van der Waals surface area contributed by atoms with Crippen molar-refractivity contribution in [2.45, 2.75) is 30.8 Å². The van der Waals surface area contributed by atoms with Crippen LogP contribution < -0.4 is 14.9 Å². The number of aliphatic hydroxyl groups is 1. The molecule has 3 aromatic carbocycles. The van der Waals surface area contributed by atoms with E-state index in [0.717, 1.165) is 54.3 Å². The fourth-order valence-electron chi connectivity index (χ4n) is 5.73. The molecule has 0 unspecified atom stereocenters. The molecule has 3 N–H and O–H groups in total. The second-order valence-corrected chi connectivity index (χ2v) is 12.8. The van der Waals surface area contributed by atoms with Crippen LogP contribution >= 0.6 is 0 Å². The second-order valence-electron chi connectivity index (χ2n) is 11.1. The lowest BCUT2D eigenvalue weighted by atomic mass is 10.1. The molecule has 0 amide bonds. The molecular formula is C32H27F3N8O3S. The summed E-state index contributed by atoms with van der Waals surface area (Å²) in [6, 6.07) is 14.5. The Kier molecular flexibility index (Phi) is 7.64. The zero-order chi connectivity index (χ0) is 32.9. The fourth-order valence-corrected chi connectivity index (χ4v) is 7.05. The molecule has 6 aromatic rings. The van der Waals surface area contributed by atoms with Crippen molar-refractivity contribution in [3.63, 3.8) is 0 Å². The molecule has 240 valence electrons. The number of halogens is 3. The molecular weight excluding hydrogens is 633 g/mol. The summed E-state index contributed by atoms with van der Waals surface area (Å²) in [6.45, 7) is 2.58. The number of piperidine rings is 1. The van der Waals surface area contributed by atoms with Crippen LogP contribution in [0.3, 0.4) is 0 Å². The zero-order valence-electron chi connectivity index (χ0n) is 24.8. The maximum Gasteiger partial charge on any atom is 0.262 e. The first kappa shape index (κ1) is 30.4. The minimum atomic E-state index is -4.43. The molecule has 0 aliphatic carbocycles. The van der Waals surface area contributed by atoms with Crippen LogP contribution in [-0.4, -0.2) is 57.2 Å². The van der Waals surface area contributed by atoms with Crippen molar-refractivity contribution in [3.05, 3.63) is 96.3 Å². The van der Waals surface area contributed by atoms with E-state index in [0.29, 0.717) is 17.9 Å². The molecule has 1 fully saturated rings. The van der Waals surface area contributed by atoms with E-state index in [4.69, 9.17) is 4.98 Å². The van der Waals surface area contributed by atoms with Crippen molar-refractivity contribution in [1.29, 1.82) is 0 Å². The Labute approximate surface area is 266 Å². The number of aliphatic hydroxyl groups excluding tert-OH is 1. The lowest BCUT2D eigenvalue weighted by molar-refractivity contribution is 0.154. The molecule has 0 bridgehead atoms. The van der Waals surface area contributed by atoms with Gasteiger partial charge >= 0.3 is 0 Å². The van der Waals surface area contributed by atoms with Crippen LogP contribution in [0.2, 0.25) is 0 Å². The van der Waals surface area contributed by atoms with Crippen LogP contribution in [0.15, 0.2) is 78.2 Å². The van der Waals surface area contributed by atoms with Gasteiger partial charge in [0.05, 0.1) is 33.4 Å². The summed E-state index contributed by atoms with van der Waals surface area (Å²) >= 11 is 0. The Bertz CT molecular complexity index is 2280.